The maximum atomic E-state index is 6.20. The lowest BCUT2D eigenvalue weighted by atomic mass is 9.99. The number of benzene rings is 1. The fraction of sp³-hybridized carbons (Fsp3) is 0.538. The van der Waals surface area contributed by atoms with Crippen LogP contribution in [0.2, 0.25) is 5.02 Å². The Morgan fingerprint density at radius 2 is 2.19 bits per heavy atom. The lowest BCUT2D eigenvalue weighted by molar-refractivity contribution is 0.403. The number of nitrogens with one attached hydrogen (secondary N) is 1. The van der Waals surface area contributed by atoms with Gasteiger partial charge in [-0.25, -0.2) is 0 Å². The predicted octanol–water partition coefficient (Wildman–Crippen LogP) is 3.33. The van der Waals surface area contributed by atoms with Crippen molar-refractivity contribution in [1.82, 2.24) is 5.32 Å². The van der Waals surface area contributed by atoms with Crippen LogP contribution in [0.25, 0.3) is 0 Å². The Labute approximate surface area is 102 Å². The third-order valence-electron chi connectivity index (χ3n) is 3.15. The largest absolute Gasteiger partial charge is 0.495 e. The van der Waals surface area contributed by atoms with Crippen molar-refractivity contribution >= 4 is 11.6 Å². The van der Waals surface area contributed by atoms with E-state index < -0.39 is 0 Å². The van der Waals surface area contributed by atoms with E-state index >= 15 is 0 Å². The molecule has 0 aromatic heterocycles. The molecule has 2 atom stereocenters. The molecule has 1 aromatic rings. The average molecular weight is 240 g/mol. The molecule has 0 saturated carbocycles. The number of hydrogen-bond donors (Lipinski definition) is 1. The lowest BCUT2D eigenvalue weighted by Gasteiger charge is -2.17. The maximum Gasteiger partial charge on any atom is 0.142 e. The first kappa shape index (κ1) is 11.7. The van der Waals surface area contributed by atoms with Crippen LogP contribution in [0.3, 0.4) is 0 Å². The van der Waals surface area contributed by atoms with Gasteiger partial charge in [-0.1, -0.05) is 24.6 Å². The summed E-state index contributed by atoms with van der Waals surface area (Å²) in [4.78, 5) is 0. The predicted molar refractivity (Wildman–Crippen MR) is 67.3 cm³/mol. The van der Waals surface area contributed by atoms with Gasteiger partial charge in [-0.3, -0.25) is 0 Å². The standard InChI is InChI=1S/C13H18ClNO/c1-8-4-10(12-6-9(2)7-15-12)13(16-3)11(14)5-8/h4-5,9,12,15H,6-7H2,1-3H3/t9-,12+/m0/s1. The van der Waals surface area contributed by atoms with Crippen molar-refractivity contribution in [1.29, 1.82) is 0 Å². The Kier molecular flexibility index (Phi) is 3.41. The molecule has 0 bridgehead atoms. The molecule has 0 unspecified atom stereocenters. The molecule has 0 spiro atoms. The quantitative estimate of drug-likeness (QED) is 0.855. The van der Waals surface area contributed by atoms with Crippen LogP contribution in [0.4, 0.5) is 0 Å². The highest BCUT2D eigenvalue weighted by molar-refractivity contribution is 6.32. The molecule has 3 heteroatoms. The van der Waals surface area contributed by atoms with Gasteiger partial charge in [0.15, 0.2) is 0 Å². The zero-order valence-corrected chi connectivity index (χ0v) is 10.8. The van der Waals surface area contributed by atoms with Crippen molar-refractivity contribution in [2.45, 2.75) is 26.3 Å². The van der Waals surface area contributed by atoms with Crippen LogP contribution < -0.4 is 10.1 Å². The molecular weight excluding hydrogens is 222 g/mol. The van der Waals surface area contributed by atoms with Crippen molar-refractivity contribution in [3.63, 3.8) is 0 Å². The normalized spacial score (nSPS) is 24.8. The maximum absolute atomic E-state index is 6.20. The van der Waals surface area contributed by atoms with Gasteiger partial charge >= 0.3 is 0 Å². The van der Waals surface area contributed by atoms with E-state index in [0.717, 1.165) is 18.7 Å². The first-order chi connectivity index (χ1) is 7.61. The minimum atomic E-state index is 0.377. The summed E-state index contributed by atoms with van der Waals surface area (Å²) in [5.74, 6) is 1.54. The lowest BCUT2D eigenvalue weighted by Crippen LogP contribution is -2.14. The molecular formula is C13H18ClNO. The van der Waals surface area contributed by atoms with Crippen LogP contribution in [0, 0.1) is 12.8 Å². The van der Waals surface area contributed by atoms with E-state index in [4.69, 9.17) is 16.3 Å². The molecule has 1 saturated heterocycles. The van der Waals surface area contributed by atoms with E-state index in [1.807, 2.05) is 6.07 Å². The number of hydrogen-bond acceptors (Lipinski definition) is 2. The highest BCUT2D eigenvalue weighted by atomic mass is 35.5. The Hall–Kier alpha value is -0.730. The van der Waals surface area contributed by atoms with Gasteiger partial charge in [0.25, 0.3) is 0 Å². The minimum absolute atomic E-state index is 0.377. The van der Waals surface area contributed by atoms with Crippen molar-refractivity contribution in [2.24, 2.45) is 5.92 Å². The SMILES string of the molecule is COc1c(Cl)cc(C)cc1[C@H]1C[C@H](C)CN1. The topological polar surface area (TPSA) is 21.3 Å². The molecule has 1 aliphatic rings. The Bertz CT molecular complexity index is 392. The van der Waals surface area contributed by atoms with Crippen LogP contribution in [0.5, 0.6) is 5.75 Å². The summed E-state index contributed by atoms with van der Waals surface area (Å²) in [5.41, 5.74) is 2.37. The second-order valence-corrected chi connectivity index (χ2v) is 5.08. The summed E-state index contributed by atoms with van der Waals surface area (Å²) in [6.45, 7) is 5.39. The zero-order valence-electron chi connectivity index (χ0n) is 10.0. The van der Waals surface area contributed by atoms with Crippen LogP contribution in [-0.4, -0.2) is 13.7 Å². The van der Waals surface area contributed by atoms with Crippen LogP contribution in [-0.2, 0) is 0 Å². The Morgan fingerprint density at radius 3 is 2.75 bits per heavy atom. The number of methoxy groups -OCH3 is 1. The van der Waals surface area contributed by atoms with Crippen molar-refractivity contribution in [3.05, 3.63) is 28.3 Å². The molecule has 2 nitrogen and oxygen atoms in total. The summed E-state index contributed by atoms with van der Waals surface area (Å²) in [6.07, 6.45) is 1.15. The van der Waals surface area contributed by atoms with Gasteiger partial charge in [0.1, 0.15) is 5.75 Å². The smallest absolute Gasteiger partial charge is 0.142 e. The molecule has 0 radical (unpaired) electrons. The van der Waals surface area contributed by atoms with Gasteiger partial charge in [0.05, 0.1) is 12.1 Å². The van der Waals surface area contributed by atoms with Gasteiger partial charge in [-0.2, -0.15) is 0 Å². The van der Waals surface area contributed by atoms with Gasteiger partial charge in [0.2, 0.25) is 0 Å². The molecule has 1 aromatic carbocycles. The van der Waals surface area contributed by atoms with Gasteiger partial charge in [-0.05, 0) is 37.4 Å². The van der Waals surface area contributed by atoms with E-state index in [9.17, 15) is 0 Å². The first-order valence-electron chi connectivity index (χ1n) is 5.69. The summed E-state index contributed by atoms with van der Waals surface area (Å²) in [5, 5.41) is 4.22. The number of aryl methyl sites for hydroxylation is 1. The van der Waals surface area contributed by atoms with E-state index in [1.165, 1.54) is 11.1 Å². The number of halogens is 1. The van der Waals surface area contributed by atoms with Crippen molar-refractivity contribution in [3.8, 4) is 5.75 Å². The third-order valence-corrected chi connectivity index (χ3v) is 3.43. The fourth-order valence-electron chi connectivity index (χ4n) is 2.38. The molecule has 1 N–H and O–H groups in total. The average Bonchev–Trinajstić information content (AvgIpc) is 2.63. The second kappa shape index (κ2) is 4.64. The third kappa shape index (κ3) is 2.18. The Morgan fingerprint density at radius 1 is 1.44 bits per heavy atom. The van der Waals surface area contributed by atoms with Gasteiger partial charge in [0, 0.05) is 11.6 Å². The highest BCUT2D eigenvalue weighted by Crippen LogP contribution is 2.38. The van der Waals surface area contributed by atoms with Crippen molar-refractivity contribution in [2.75, 3.05) is 13.7 Å². The minimum Gasteiger partial charge on any atom is -0.495 e. The fourth-order valence-corrected chi connectivity index (χ4v) is 2.74. The zero-order chi connectivity index (χ0) is 11.7. The van der Waals surface area contributed by atoms with Crippen LogP contribution in [0.15, 0.2) is 12.1 Å². The summed E-state index contributed by atoms with van der Waals surface area (Å²) in [7, 11) is 1.68. The number of rotatable bonds is 2. The molecule has 1 aliphatic heterocycles. The number of ether oxygens (including phenoxy) is 1. The van der Waals surface area contributed by atoms with E-state index in [1.54, 1.807) is 7.11 Å². The van der Waals surface area contributed by atoms with E-state index in [-0.39, 0.29) is 0 Å². The van der Waals surface area contributed by atoms with Gasteiger partial charge < -0.3 is 10.1 Å². The van der Waals surface area contributed by atoms with Gasteiger partial charge in [-0.15, -0.1) is 0 Å². The molecule has 2 rings (SSSR count). The highest BCUT2D eigenvalue weighted by Gasteiger charge is 2.25. The first-order valence-corrected chi connectivity index (χ1v) is 6.07. The summed E-state index contributed by atoms with van der Waals surface area (Å²) in [6, 6.07) is 4.49. The molecule has 0 aliphatic carbocycles. The molecule has 1 heterocycles. The van der Waals surface area contributed by atoms with Crippen LogP contribution >= 0.6 is 11.6 Å². The van der Waals surface area contributed by atoms with Crippen LogP contribution in [0.1, 0.15) is 30.5 Å². The van der Waals surface area contributed by atoms with E-state index in [0.29, 0.717) is 17.0 Å². The Balaban J connectivity index is 2.38. The molecule has 1 fully saturated rings. The van der Waals surface area contributed by atoms with Crippen molar-refractivity contribution < 1.29 is 4.74 Å². The second-order valence-electron chi connectivity index (χ2n) is 4.67. The monoisotopic (exact) mass is 239 g/mol. The molecule has 88 valence electrons. The molecule has 16 heavy (non-hydrogen) atoms. The summed E-state index contributed by atoms with van der Waals surface area (Å²) >= 11 is 6.20. The summed E-state index contributed by atoms with van der Waals surface area (Å²) < 4.78 is 5.41. The van der Waals surface area contributed by atoms with E-state index in [2.05, 4.69) is 25.2 Å². The molecule has 0 amide bonds.